The van der Waals surface area contributed by atoms with E-state index in [-0.39, 0.29) is 19.2 Å². The molecule has 0 saturated heterocycles. The van der Waals surface area contributed by atoms with Gasteiger partial charge < -0.3 is 25.8 Å². The number of likely N-dealkylation sites (N-methyl/N-ethyl adjacent to an activating group) is 1. The van der Waals surface area contributed by atoms with Gasteiger partial charge in [-0.05, 0) is 38.1 Å². The molecule has 0 unspecified atom stereocenters. The zero-order valence-electron chi connectivity index (χ0n) is 11.3. The Morgan fingerprint density at radius 3 is 2.53 bits per heavy atom. The van der Waals surface area contributed by atoms with E-state index in [1.54, 1.807) is 0 Å². The molecule has 0 bridgehead atoms. The predicted octanol–water partition coefficient (Wildman–Crippen LogP) is 0.840. The molecule has 110 valence electrons. The maximum absolute atomic E-state index is 11.5. The van der Waals surface area contributed by atoms with Crippen molar-refractivity contribution in [2.45, 2.75) is 31.7 Å². The smallest absolute Gasteiger partial charge is 0.407 e. The Labute approximate surface area is 113 Å². The number of carbonyl (C=O) groups excluding carboxylic acids is 1. The normalized spacial score (nSPS) is 22.6. The van der Waals surface area contributed by atoms with E-state index >= 15 is 0 Å². The fraction of sp³-hybridized carbons (Fsp3) is 0.833. The summed E-state index contributed by atoms with van der Waals surface area (Å²) in [4.78, 5) is 23.1. The summed E-state index contributed by atoms with van der Waals surface area (Å²) in [7, 11) is 1.43. The monoisotopic (exact) mass is 273 g/mol. The lowest BCUT2D eigenvalue weighted by Gasteiger charge is -2.28. The van der Waals surface area contributed by atoms with E-state index in [1.165, 1.54) is 7.05 Å². The number of nitrogens with two attached hydrogens (primary N) is 1. The van der Waals surface area contributed by atoms with Crippen molar-refractivity contribution in [3.05, 3.63) is 0 Å². The topological polar surface area (TPSA) is 105 Å². The summed E-state index contributed by atoms with van der Waals surface area (Å²) in [5, 5.41) is 11.4. The van der Waals surface area contributed by atoms with Crippen molar-refractivity contribution in [2.24, 2.45) is 11.7 Å². The Morgan fingerprint density at radius 2 is 2.00 bits per heavy atom. The largest absolute Gasteiger partial charge is 0.465 e. The number of carboxylic acid groups (broad SMARTS) is 1. The lowest BCUT2D eigenvalue weighted by Crippen LogP contribution is -2.39. The molecule has 0 heterocycles. The Kier molecular flexibility index (Phi) is 6.41. The fourth-order valence-electron chi connectivity index (χ4n) is 2.12. The maximum atomic E-state index is 11.5. The highest BCUT2D eigenvalue weighted by atomic mass is 16.5. The zero-order valence-corrected chi connectivity index (χ0v) is 11.3. The number of rotatable bonds is 5. The molecule has 0 aromatic rings. The predicted molar refractivity (Wildman–Crippen MR) is 69.9 cm³/mol. The van der Waals surface area contributed by atoms with Crippen LogP contribution in [0.25, 0.3) is 0 Å². The molecule has 1 aliphatic carbocycles. The molecule has 0 aromatic heterocycles. The second kappa shape index (κ2) is 7.83. The minimum absolute atomic E-state index is 0.0623. The molecule has 0 spiro atoms. The fourth-order valence-corrected chi connectivity index (χ4v) is 2.12. The van der Waals surface area contributed by atoms with Gasteiger partial charge in [0.2, 0.25) is 0 Å². The van der Waals surface area contributed by atoms with Crippen LogP contribution in [0.1, 0.15) is 25.7 Å². The van der Waals surface area contributed by atoms with Crippen molar-refractivity contribution in [3.63, 3.8) is 0 Å². The molecular formula is C12H23N3O4. The minimum atomic E-state index is -1.04. The molecule has 0 aromatic carbocycles. The molecule has 19 heavy (non-hydrogen) atoms. The Hall–Kier alpha value is -1.50. The summed E-state index contributed by atoms with van der Waals surface area (Å²) in [5.74, 6) is 0.568. The lowest BCUT2D eigenvalue weighted by molar-refractivity contribution is 0.116. The zero-order chi connectivity index (χ0) is 14.3. The van der Waals surface area contributed by atoms with Gasteiger partial charge >= 0.3 is 12.2 Å². The van der Waals surface area contributed by atoms with Crippen LogP contribution < -0.4 is 11.1 Å². The highest BCUT2D eigenvalue weighted by Crippen LogP contribution is 2.23. The molecule has 1 fully saturated rings. The summed E-state index contributed by atoms with van der Waals surface area (Å²) in [5.41, 5.74) is 5.60. The molecule has 7 nitrogen and oxygen atoms in total. The Balaban J connectivity index is 2.13. The van der Waals surface area contributed by atoms with Crippen LogP contribution in [-0.4, -0.2) is 55.0 Å². The first-order valence-corrected chi connectivity index (χ1v) is 6.60. The van der Waals surface area contributed by atoms with Crippen molar-refractivity contribution in [1.82, 2.24) is 10.2 Å². The van der Waals surface area contributed by atoms with Gasteiger partial charge in [-0.2, -0.15) is 0 Å². The molecular weight excluding hydrogens is 250 g/mol. The van der Waals surface area contributed by atoms with E-state index in [2.05, 4.69) is 5.32 Å². The average molecular weight is 273 g/mol. The molecule has 0 radical (unpaired) electrons. The molecule has 4 N–H and O–H groups in total. The van der Waals surface area contributed by atoms with Crippen LogP contribution in [0.15, 0.2) is 0 Å². The number of nitrogens with one attached hydrogen (secondary N) is 1. The second-order valence-corrected chi connectivity index (χ2v) is 4.94. The van der Waals surface area contributed by atoms with Crippen molar-refractivity contribution < 1.29 is 19.4 Å². The van der Waals surface area contributed by atoms with Gasteiger partial charge in [-0.25, -0.2) is 9.59 Å². The summed E-state index contributed by atoms with van der Waals surface area (Å²) in [6, 6.07) is 0.146. The Morgan fingerprint density at radius 1 is 1.37 bits per heavy atom. The van der Waals surface area contributed by atoms with Gasteiger partial charge in [0, 0.05) is 13.1 Å². The van der Waals surface area contributed by atoms with Gasteiger partial charge in [-0.3, -0.25) is 0 Å². The number of hydrogen-bond acceptors (Lipinski definition) is 4. The van der Waals surface area contributed by atoms with Gasteiger partial charge in [-0.1, -0.05) is 0 Å². The Bertz CT molecular complexity index is 303. The average Bonchev–Trinajstić information content (AvgIpc) is 2.39. The third-order valence-corrected chi connectivity index (χ3v) is 3.49. The van der Waals surface area contributed by atoms with E-state index in [0.29, 0.717) is 12.5 Å². The summed E-state index contributed by atoms with van der Waals surface area (Å²) < 4.78 is 4.94. The van der Waals surface area contributed by atoms with Crippen LogP contribution in [0, 0.1) is 5.92 Å². The van der Waals surface area contributed by atoms with E-state index in [9.17, 15) is 9.59 Å². The van der Waals surface area contributed by atoms with Crippen molar-refractivity contribution in [3.8, 4) is 0 Å². The maximum Gasteiger partial charge on any atom is 0.407 e. The van der Waals surface area contributed by atoms with Crippen molar-refractivity contribution in [2.75, 3.05) is 26.7 Å². The summed E-state index contributed by atoms with van der Waals surface area (Å²) in [6.07, 6.45) is 2.39. The van der Waals surface area contributed by atoms with Gasteiger partial charge in [0.25, 0.3) is 0 Å². The first kappa shape index (κ1) is 15.6. The van der Waals surface area contributed by atoms with E-state index < -0.39 is 12.2 Å². The number of hydrogen-bond donors (Lipinski definition) is 3. The number of amides is 2. The third kappa shape index (κ3) is 5.78. The summed E-state index contributed by atoms with van der Waals surface area (Å²) >= 11 is 0. The van der Waals surface area contributed by atoms with E-state index in [0.717, 1.165) is 30.6 Å². The van der Waals surface area contributed by atoms with E-state index in [1.807, 2.05) is 0 Å². The quantitative estimate of drug-likeness (QED) is 0.688. The highest BCUT2D eigenvalue weighted by Gasteiger charge is 2.21. The second-order valence-electron chi connectivity index (χ2n) is 4.94. The summed E-state index contributed by atoms with van der Waals surface area (Å²) in [6.45, 7) is 0.939. The molecule has 1 aliphatic rings. The number of nitrogens with zero attached hydrogens (tertiary/aromatic N) is 1. The molecule has 1 saturated carbocycles. The van der Waals surface area contributed by atoms with Crippen LogP contribution in [0.5, 0.6) is 0 Å². The lowest BCUT2D eigenvalue weighted by atomic mass is 9.86. The van der Waals surface area contributed by atoms with Crippen LogP contribution in [-0.2, 0) is 4.74 Å². The molecule has 7 heteroatoms. The van der Waals surface area contributed by atoms with Gasteiger partial charge in [0.15, 0.2) is 0 Å². The first-order valence-electron chi connectivity index (χ1n) is 6.60. The number of carbonyl (C=O) groups is 2. The van der Waals surface area contributed by atoms with Crippen LogP contribution in [0.3, 0.4) is 0 Å². The van der Waals surface area contributed by atoms with Gasteiger partial charge in [0.1, 0.15) is 6.61 Å². The molecule has 2 amide bonds. The molecule has 0 atom stereocenters. The SMILES string of the molecule is CN(CCOC(=O)N[C@H]1CC[C@H](CN)CC1)C(=O)O. The first-order chi connectivity index (χ1) is 9.02. The van der Waals surface area contributed by atoms with Gasteiger partial charge in [-0.15, -0.1) is 0 Å². The highest BCUT2D eigenvalue weighted by molar-refractivity contribution is 5.67. The minimum Gasteiger partial charge on any atom is -0.465 e. The van der Waals surface area contributed by atoms with E-state index in [4.69, 9.17) is 15.6 Å². The standard InChI is InChI=1S/C12H23N3O4/c1-15(12(17)18)6-7-19-11(16)14-10-4-2-9(8-13)3-5-10/h9-10H,2-8,13H2,1H3,(H,14,16)(H,17,18)/t9-,10-. The van der Waals surface area contributed by atoms with Crippen molar-refractivity contribution in [1.29, 1.82) is 0 Å². The molecule has 1 rings (SSSR count). The van der Waals surface area contributed by atoms with Gasteiger partial charge in [0.05, 0.1) is 6.54 Å². The molecule has 0 aliphatic heterocycles. The van der Waals surface area contributed by atoms with Crippen molar-refractivity contribution >= 4 is 12.2 Å². The van der Waals surface area contributed by atoms with Crippen LogP contribution >= 0.6 is 0 Å². The van der Waals surface area contributed by atoms with Crippen LogP contribution in [0.2, 0.25) is 0 Å². The number of ether oxygens (including phenoxy) is 1. The third-order valence-electron chi connectivity index (χ3n) is 3.49. The van der Waals surface area contributed by atoms with Crippen LogP contribution in [0.4, 0.5) is 9.59 Å². The number of alkyl carbamates (subject to hydrolysis) is 1.